The first-order chi connectivity index (χ1) is 10.0. The summed E-state index contributed by atoms with van der Waals surface area (Å²) in [6.45, 7) is 0. The Morgan fingerprint density at radius 3 is 2.71 bits per heavy atom. The molecule has 0 spiro atoms. The highest BCUT2D eigenvalue weighted by atomic mass is 35.5. The van der Waals surface area contributed by atoms with E-state index in [2.05, 4.69) is 15.0 Å². The minimum Gasteiger partial charge on any atom is -0.465 e. The molecule has 0 aliphatic rings. The molecule has 0 saturated heterocycles. The highest BCUT2D eigenvalue weighted by molar-refractivity contribution is 6.30. The van der Waals surface area contributed by atoms with Gasteiger partial charge in [-0.05, 0) is 18.2 Å². The fraction of sp³-hybridized carbons (Fsp3) is 0.0714. The summed E-state index contributed by atoms with van der Waals surface area (Å²) in [5.41, 5.74) is 6.62. The summed E-state index contributed by atoms with van der Waals surface area (Å²) in [6.07, 6.45) is 1.30. The van der Waals surface area contributed by atoms with Crippen LogP contribution in [0.25, 0.3) is 0 Å². The number of hydrogen-bond acceptors (Lipinski definition) is 5. The molecule has 0 atom stereocenters. The van der Waals surface area contributed by atoms with Crippen molar-refractivity contribution in [3.63, 3.8) is 0 Å². The van der Waals surface area contributed by atoms with E-state index in [1.54, 1.807) is 24.3 Å². The van der Waals surface area contributed by atoms with Crippen LogP contribution in [-0.4, -0.2) is 24.0 Å². The molecular weight excluding hydrogens is 294 g/mol. The average molecular weight is 306 g/mol. The van der Waals surface area contributed by atoms with Crippen molar-refractivity contribution in [3.05, 3.63) is 52.8 Å². The van der Waals surface area contributed by atoms with Crippen LogP contribution in [0.1, 0.15) is 20.7 Å². The Morgan fingerprint density at radius 2 is 2.00 bits per heavy atom. The Morgan fingerprint density at radius 1 is 1.29 bits per heavy atom. The van der Waals surface area contributed by atoms with Gasteiger partial charge in [-0.2, -0.15) is 0 Å². The second kappa shape index (κ2) is 6.23. The molecule has 0 aliphatic carbocycles. The highest BCUT2D eigenvalue weighted by Crippen LogP contribution is 2.20. The van der Waals surface area contributed by atoms with Gasteiger partial charge in [-0.1, -0.05) is 23.7 Å². The van der Waals surface area contributed by atoms with Gasteiger partial charge in [0.2, 0.25) is 0 Å². The SMILES string of the molecule is COC(=O)c1ccccc1NC(=O)c1cc(Cl)ncc1N. The van der Waals surface area contributed by atoms with Gasteiger partial charge in [0.15, 0.2) is 0 Å². The van der Waals surface area contributed by atoms with E-state index < -0.39 is 11.9 Å². The number of nitrogens with two attached hydrogens (primary N) is 1. The Labute approximate surface area is 125 Å². The number of para-hydroxylation sites is 1. The van der Waals surface area contributed by atoms with E-state index in [4.69, 9.17) is 17.3 Å². The lowest BCUT2D eigenvalue weighted by molar-refractivity contribution is 0.0602. The third kappa shape index (κ3) is 3.29. The van der Waals surface area contributed by atoms with Crippen LogP contribution in [-0.2, 0) is 4.74 Å². The second-order valence-corrected chi connectivity index (χ2v) is 4.47. The predicted octanol–water partition coefficient (Wildman–Crippen LogP) is 2.36. The first-order valence-corrected chi connectivity index (χ1v) is 6.30. The molecule has 6 nitrogen and oxygen atoms in total. The van der Waals surface area contributed by atoms with Crippen LogP contribution < -0.4 is 11.1 Å². The Kier molecular flexibility index (Phi) is 4.39. The second-order valence-electron chi connectivity index (χ2n) is 4.09. The van der Waals surface area contributed by atoms with Gasteiger partial charge in [-0.25, -0.2) is 9.78 Å². The first kappa shape index (κ1) is 14.8. The number of rotatable bonds is 3. The van der Waals surface area contributed by atoms with Crippen molar-refractivity contribution in [1.29, 1.82) is 0 Å². The van der Waals surface area contributed by atoms with Crippen molar-refractivity contribution < 1.29 is 14.3 Å². The van der Waals surface area contributed by atoms with E-state index in [0.717, 1.165) is 0 Å². The third-order valence-electron chi connectivity index (χ3n) is 2.73. The van der Waals surface area contributed by atoms with Crippen molar-refractivity contribution in [2.45, 2.75) is 0 Å². The zero-order valence-electron chi connectivity index (χ0n) is 11.1. The number of pyridine rings is 1. The molecule has 0 saturated carbocycles. The Balaban J connectivity index is 2.32. The fourth-order valence-corrected chi connectivity index (χ4v) is 1.86. The number of aromatic nitrogens is 1. The maximum Gasteiger partial charge on any atom is 0.339 e. The summed E-state index contributed by atoms with van der Waals surface area (Å²) in [5.74, 6) is -1.04. The number of methoxy groups -OCH3 is 1. The zero-order valence-corrected chi connectivity index (χ0v) is 11.8. The molecule has 0 bridgehead atoms. The van der Waals surface area contributed by atoms with E-state index in [-0.39, 0.29) is 22.0 Å². The standard InChI is InChI=1S/C14H12ClN3O3/c1-21-14(20)8-4-2-3-5-11(8)18-13(19)9-6-12(15)17-7-10(9)16/h2-7H,16H2,1H3,(H,18,19). The molecule has 21 heavy (non-hydrogen) atoms. The summed E-state index contributed by atoms with van der Waals surface area (Å²) in [5, 5.41) is 2.75. The molecule has 1 heterocycles. The quantitative estimate of drug-likeness (QED) is 0.670. The summed E-state index contributed by atoms with van der Waals surface area (Å²) in [7, 11) is 1.27. The number of benzene rings is 1. The smallest absolute Gasteiger partial charge is 0.339 e. The average Bonchev–Trinajstić information content (AvgIpc) is 2.49. The molecule has 1 aromatic carbocycles. The van der Waals surface area contributed by atoms with Crippen LogP contribution in [0.4, 0.5) is 11.4 Å². The first-order valence-electron chi connectivity index (χ1n) is 5.92. The monoisotopic (exact) mass is 305 g/mol. The molecule has 0 fully saturated rings. The lowest BCUT2D eigenvalue weighted by atomic mass is 10.1. The van der Waals surface area contributed by atoms with Crippen LogP contribution in [0.5, 0.6) is 0 Å². The number of ether oxygens (including phenoxy) is 1. The van der Waals surface area contributed by atoms with Crippen molar-refractivity contribution in [3.8, 4) is 0 Å². The topological polar surface area (TPSA) is 94.3 Å². The van der Waals surface area contributed by atoms with Crippen molar-refractivity contribution in [1.82, 2.24) is 4.98 Å². The molecule has 2 aromatic rings. The minimum absolute atomic E-state index is 0.149. The molecule has 1 amide bonds. The summed E-state index contributed by atoms with van der Waals surface area (Å²) in [6, 6.07) is 7.84. The van der Waals surface area contributed by atoms with Crippen LogP contribution in [0.2, 0.25) is 5.15 Å². The lowest BCUT2D eigenvalue weighted by Gasteiger charge is -2.10. The Bertz CT molecular complexity index is 704. The van der Waals surface area contributed by atoms with Gasteiger partial charge < -0.3 is 15.8 Å². The van der Waals surface area contributed by atoms with Crippen molar-refractivity contribution in [2.75, 3.05) is 18.2 Å². The summed E-state index contributed by atoms with van der Waals surface area (Å²) < 4.78 is 4.66. The third-order valence-corrected chi connectivity index (χ3v) is 2.93. The van der Waals surface area contributed by atoms with Gasteiger partial charge in [0.05, 0.1) is 35.8 Å². The Hall–Kier alpha value is -2.60. The van der Waals surface area contributed by atoms with Gasteiger partial charge in [0.1, 0.15) is 5.15 Å². The molecule has 108 valence electrons. The van der Waals surface area contributed by atoms with Crippen molar-refractivity contribution >= 4 is 34.9 Å². The van der Waals surface area contributed by atoms with Crippen LogP contribution in [0.3, 0.4) is 0 Å². The molecule has 0 unspecified atom stereocenters. The lowest BCUT2D eigenvalue weighted by Crippen LogP contribution is -2.17. The molecule has 2 rings (SSSR count). The largest absolute Gasteiger partial charge is 0.465 e. The number of hydrogen-bond donors (Lipinski definition) is 2. The van der Waals surface area contributed by atoms with E-state index >= 15 is 0 Å². The fourth-order valence-electron chi connectivity index (χ4n) is 1.71. The molecular formula is C14H12ClN3O3. The minimum atomic E-state index is -0.549. The summed E-state index contributed by atoms with van der Waals surface area (Å²) in [4.78, 5) is 27.6. The number of amides is 1. The number of carbonyl (C=O) groups excluding carboxylic acids is 2. The molecule has 1 aromatic heterocycles. The van der Waals surface area contributed by atoms with E-state index in [1.165, 1.54) is 19.4 Å². The molecule has 0 radical (unpaired) electrons. The number of esters is 1. The highest BCUT2D eigenvalue weighted by Gasteiger charge is 2.16. The zero-order chi connectivity index (χ0) is 15.4. The van der Waals surface area contributed by atoms with Crippen LogP contribution in [0.15, 0.2) is 36.5 Å². The number of anilines is 2. The molecule has 7 heteroatoms. The maximum atomic E-state index is 12.2. The molecule has 3 N–H and O–H groups in total. The van der Waals surface area contributed by atoms with E-state index in [1.807, 2.05) is 0 Å². The van der Waals surface area contributed by atoms with Crippen LogP contribution in [0, 0.1) is 0 Å². The number of carbonyl (C=O) groups is 2. The van der Waals surface area contributed by atoms with Gasteiger partial charge in [0, 0.05) is 0 Å². The summed E-state index contributed by atoms with van der Waals surface area (Å²) >= 11 is 5.75. The van der Waals surface area contributed by atoms with Gasteiger partial charge in [-0.3, -0.25) is 4.79 Å². The maximum absolute atomic E-state index is 12.2. The van der Waals surface area contributed by atoms with Crippen molar-refractivity contribution in [2.24, 2.45) is 0 Å². The van der Waals surface area contributed by atoms with E-state index in [9.17, 15) is 9.59 Å². The number of nitrogens with one attached hydrogen (secondary N) is 1. The van der Waals surface area contributed by atoms with Gasteiger partial charge in [0.25, 0.3) is 5.91 Å². The van der Waals surface area contributed by atoms with E-state index in [0.29, 0.717) is 5.69 Å². The van der Waals surface area contributed by atoms with Gasteiger partial charge in [-0.15, -0.1) is 0 Å². The van der Waals surface area contributed by atoms with Crippen LogP contribution >= 0.6 is 11.6 Å². The molecule has 0 aliphatic heterocycles. The predicted molar refractivity (Wildman–Crippen MR) is 79.4 cm³/mol. The normalized spacial score (nSPS) is 10.0. The number of nitrogen functional groups attached to an aromatic ring is 1. The number of halogens is 1. The number of nitrogens with zero attached hydrogens (tertiary/aromatic N) is 1. The van der Waals surface area contributed by atoms with Gasteiger partial charge >= 0.3 is 5.97 Å².